The molecule has 4 nitrogen and oxygen atoms in total. The topological polar surface area (TPSA) is 42.4 Å². The zero-order valence-corrected chi connectivity index (χ0v) is 12.2. The van der Waals surface area contributed by atoms with Crippen LogP contribution in [-0.2, 0) is 0 Å². The molecular weight excluding hydrogens is 271 g/mol. The third kappa shape index (κ3) is 3.18. The molecule has 0 radical (unpaired) electrons. The number of halogens is 1. The van der Waals surface area contributed by atoms with Gasteiger partial charge in [-0.2, -0.15) is 0 Å². The maximum Gasteiger partial charge on any atom is 0.254 e. The number of amides is 1. The fraction of sp³-hybridized carbons (Fsp3) is 0.250. The highest BCUT2D eigenvalue weighted by atomic mass is 19.1. The Morgan fingerprint density at radius 2 is 1.95 bits per heavy atom. The third-order valence-electron chi connectivity index (χ3n) is 3.49. The summed E-state index contributed by atoms with van der Waals surface area (Å²) in [4.78, 5) is 17.9. The first-order valence-corrected chi connectivity index (χ1v) is 6.55. The van der Waals surface area contributed by atoms with E-state index in [1.807, 2.05) is 19.1 Å². The van der Waals surface area contributed by atoms with Gasteiger partial charge < -0.3 is 9.64 Å². The van der Waals surface area contributed by atoms with Gasteiger partial charge in [-0.1, -0.05) is 0 Å². The van der Waals surface area contributed by atoms with E-state index in [4.69, 9.17) is 4.74 Å². The molecule has 1 amide bonds. The summed E-state index contributed by atoms with van der Waals surface area (Å²) in [6.45, 7) is 1.91. The number of carbonyl (C=O) groups is 1. The fourth-order valence-electron chi connectivity index (χ4n) is 2.04. The summed E-state index contributed by atoms with van der Waals surface area (Å²) in [6.07, 6.45) is 3.36. The van der Waals surface area contributed by atoms with E-state index in [-0.39, 0.29) is 23.3 Å². The van der Waals surface area contributed by atoms with Gasteiger partial charge in [0, 0.05) is 25.0 Å². The Bertz CT molecular complexity index is 631. The first-order chi connectivity index (χ1) is 10.0. The molecule has 2 rings (SSSR count). The second kappa shape index (κ2) is 6.35. The van der Waals surface area contributed by atoms with Gasteiger partial charge in [-0.3, -0.25) is 9.78 Å². The van der Waals surface area contributed by atoms with Crippen molar-refractivity contribution in [2.75, 3.05) is 14.2 Å². The van der Waals surface area contributed by atoms with Gasteiger partial charge >= 0.3 is 0 Å². The molecule has 0 N–H and O–H groups in total. The van der Waals surface area contributed by atoms with Crippen molar-refractivity contribution in [1.82, 2.24) is 9.88 Å². The summed E-state index contributed by atoms with van der Waals surface area (Å²) >= 11 is 0. The second-order valence-corrected chi connectivity index (χ2v) is 4.72. The van der Waals surface area contributed by atoms with Gasteiger partial charge in [0.15, 0.2) is 11.6 Å². The average molecular weight is 288 g/mol. The van der Waals surface area contributed by atoms with Crippen LogP contribution in [-0.4, -0.2) is 29.9 Å². The lowest BCUT2D eigenvalue weighted by molar-refractivity contribution is 0.0742. The summed E-state index contributed by atoms with van der Waals surface area (Å²) in [5, 5.41) is 0. The lowest BCUT2D eigenvalue weighted by Crippen LogP contribution is -2.29. The highest BCUT2D eigenvalue weighted by molar-refractivity contribution is 5.94. The Morgan fingerprint density at radius 3 is 2.52 bits per heavy atom. The van der Waals surface area contributed by atoms with Crippen LogP contribution >= 0.6 is 0 Å². The molecule has 0 aliphatic carbocycles. The molecule has 110 valence electrons. The predicted octanol–water partition coefficient (Wildman–Crippen LogP) is 3.06. The summed E-state index contributed by atoms with van der Waals surface area (Å²) in [7, 11) is 3.08. The molecule has 1 aromatic carbocycles. The summed E-state index contributed by atoms with van der Waals surface area (Å²) < 4.78 is 18.5. The van der Waals surface area contributed by atoms with Crippen LogP contribution in [0.5, 0.6) is 5.75 Å². The standard InChI is InChI=1S/C16H17FN2O2/c1-11(12-6-8-18-9-7-12)19(2)16(20)13-4-5-15(21-3)14(17)10-13/h4-11H,1-3H3. The Hall–Kier alpha value is -2.43. The first kappa shape index (κ1) is 15.0. The molecule has 0 bridgehead atoms. The highest BCUT2D eigenvalue weighted by Crippen LogP contribution is 2.22. The van der Waals surface area contributed by atoms with E-state index in [0.717, 1.165) is 5.56 Å². The number of methoxy groups -OCH3 is 1. The van der Waals surface area contributed by atoms with Crippen molar-refractivity contribution in [2.45, 2.75) is 13.0 Å². The number of benzene rings is 1. The Labute approximate surface area is 123 Å². The van der Waals surface area contributed by atoms with Crippen molar-refractivity contribution in [1.29, 1.82) is 0 Å². The first-order valence-electron chi connectivity index (χ1n) is 6.55. The molecule has 5 heteroatoms. The van der Waals surface area contributed by atoms with Crippen LogP contribution in [0.1, 0.15) is 28.9 Å². The molecule has 1 atom stereocenters. The monoisotopic (exact) mass is 288 g/mol. The number of aromatic nitrogens is 1. The lowest BCUT2D eigenvalue weighted by Gasteiger charge is -2.25. The maximum atomic E-state index is 13.7. The molecule has 0 saturated heterocycles. The van der Waals surface area contributed by atoms with Crippen molar-refractivity contribution in [2.24, 2.45) is 0 Å². The van der Waals surface area contributed by atoms with Gasteiger partial charge in [0.1, 0.15) is 0 Å². The van der Waals surface area contributed by atoms with Crippen LogP contribution < -0.4 is 4.74 Å². The number of hydrogen-bond donors (Lipinski definition) is 0. The quantitative estimate of drug-likeness (QED) is 0.868. The average Bonchev–Trinajstić information content (AvgIpc) is 2.53. The van der Waals surface area contributed by atoms with Crippen LogP contribution in [0.2, 0.25) is 0 Å². The third-order valence-corrected chi connectivity index (χ3v) is 3.49. The molecule has 0 aliphatic heterocycles. The van der Waals surface area contributed by atoms with Gasteiger partial charge in [-0.25, -0.2) is 4.39 Å². The number of pyridine rings is 1. The van der Waals surface area contributed by atoms with Gasteiger partial charge in [-0.05, 0) is 42.8 Å². The van der Waals surface area contributed by atoms with Crippen LogP contribution in [0.3, 0.4) is 0 Å². The Balaban J connectivity index is 2.21. The molecular formula is C16H17FN2O2. The molecule has 0 aliphatic rings. The normalized spacial score (nSPS) is 11.8. The number of carbonyl (C=O) groups excluding carboxylic acids is 1. The maximum absolute atomic E-state index is 13.7. The van der Waals surface area contributed by atoms with E-state index in [1.54, 1.807) is 30.4 Å². The number of nitrogens with zero attached hydrogens (tertiary/aromatic N) is 2. The van der Waals surface area contributed by atoms with E-state index in [1.165, 1.54) is 19.2 Å². The Morgan fingerprint density at radius 1 is 1.29 bits per heavy atom. The van der Waals surface area contributed by atoms with Crippen LogP contribution in [0.15, 0.2) is 42.7 Å². The van der Waals surface area contributed by atoms with E-state index in [9.17, 15) is 9.18 Å². The van der Waals surface area contributed by atoms with Crippen molar-refractivity contribution < 1.29 is 13.9 Å². The minimum absolute atomic E-state index is 0.122. The number of rotatable bonds is 4. The van der Waals surface area contributed by atoms with E-state index < -0.39 is 5.82 Å². The van der Waals surface area contributed by atoms with E-state index >= 15 is 0 Å². The predicted molar refractivity (Wildman–Crippen MR) is 77.7 cm³/mol. The molecule has 2 aromatic rings. The van der Waals surface area contributed by atoms with Crippen molar-refractivity contribution in [3.05, 3.63) is 59.7 Å². The summed E-state index contributed by atoms with van der Waals surface area (Å²) in [5.74, 6) is -0.675. The van der Waals surface area contributed by atoms with Crippen LogP contribution in [0.4, 0.5) is 4.39 Å². The minimum atomic E-state index is -0.548. The van der Waals surface area contributed by atoms with E-state index in [2.05, 4.69) is 4.98 Å². The van der Waals surface area contributed by atoms with E-state index in [0.29, 0.717) is 0 Å². The fourth-order valence-corrected chi connectivity index (χ4v) is 2.04. The zero-order chi connectivity index (χ0) is 15.4. The number of hydrogen-bond acceptors (Lipinski definition) is 3. The largest absolute Gasteiger partial charge is 0.494 e. The summed E-state index contributed by atoms with van der Waals surface area (Å²) in [6, 6.07) is 7.77. The van der Waals surface area contributed by atoms with Gasteiger partial charge in [-0.15, -0.1) is 0 Å². The second-order valence-electron chi connectivity index (χ2n) is 4.72. The van der Waals surface area contributed by atoms with Crippen molar-refractivity contribution in [3.63, 3.8) is 0 Å². The minimum Gasteiger partial charge on any atom is -0.494 e. The highest BCUT2D eigenvalue weighted by Gasteiger charge is 2.20. The zero-order valence-electron chi connectivity index (χ0n) is 12.2. The molecule has 21 heavy (non-hydrogen) atoms. The van der Waals surface area contributed by atoms with Crippen molar-refractivity contribution in [3.8, 4) is 5.75 Å². The van der Waals surface area contributed by atoms with Gasteiger partial charge in [0.25, 0.3) is 5.91 Å². The summed E-state index contributed by atoms with van der Waals surface area (Å²) in [5.41, 5.74) is 1.26. The van der Waals surface area contributed by atoms with Gasteiger partial charge in [0.2, 0.25) is 0 Å². The molecule has 1 heterocycles. The SMILES string of the molecule is COc1ccc(C(=O)N(C)C(C)c2ccncc2)cc1F. The molecule has 0 spiro atoms. The van der Waals surface area contributed by atoms with Crippen molar-refractivity contribution >= 4 is 5.91 Å². The molecule has 1 aromatic heterocycles. The lowest BCUT2D eigenvalue weighted by atomic mass is 10.1. The molecule has 0 fully saturated rings. The van der Waals surface area contributed by atoms with Gasteiger partial charge in [0.05, 0.1) is 13.2 Å². The molecule has 1 unspecified atom stereocenters. The smallest absolute Gasteiger partial charge is 0.254 e. The number of ether oxygens (including phenoxy) is 1. The Kier molecular flexibility index (Phi) is 4.52. The van der Waals surface area contributed by atoms with Crippen LogP contribution in [0, 0.1) is 5.82 Å². The van der Waals surface area contributed by atoms with Crippen LogP contribution in [0.25, 0.3) is 0 Å². The molecule has 0 saturated carbocycles.